The molecule has 7 heteroatoms. The third-order valence-corrected chi connectivity index (χ3v) is 5.04. The largest absolute Gasteiger partial charge is 0.464 e. The van der Waals surface area contributed by atoms with Gasteiger partial charge in [-0.05, 0) is 57.9 Å². The van der Waals surface area contributed by atoms with Crippen LogP contribution in [0.5, 0.6) is 0 Å². The number of amides is 1. The average Bonchev–Trinajstić information content (AvgIpc) is 3.10. The number of fused-ring (bicyclic) bond motifs is 1. The Balaban J connectivity index is 1.66. The first-order valence-corrected chi connectivity index (χ1v) is 9.15. The summed E-state index contributed by atoms with van der Waals surface area (Å²) < 4.78 is 12.6. The van der Waals surface area contributed by atoms with Crippen LogP contribution in [-0.2, 0) is 27.8 Å². The lowest BCUT2D eigenvalue weighted by atomic mass is 10.0. The van der Waals surface area contributed by atoms with Gasteiger partial charge in [-0.3, -0.25) is 14.3 Å². The molecule has 3 rings (SSSR count). The number of benzene rings is 1. The van der Waals surface area contributed by atoms with Crippen LogP contribution >= 0.6 is 0 Å². The molecule has 1 amide bonds. The summed E-state index contributed by atoms with van der Waals surface area (Å²) in [6.45, 7) is 9.25. The van der Waals surface area contributed by atoms with Gasteiger partial charge in [0.15, 0.2) is 6.10 Å². The number of aromatic nitrogens is 2. The van der Waals surface area contributed by atoms with E-state index in [0.717, 1.165) is 33.4 Å². The zero-order valence-corrected chi connectivity index (χ0v) is 17.0. The van der Waals surface area contributed by atoms with Crippen LogP contribution in [0, 0.1) is 27.7 Å². The van der Waals surface area contributed by atoms with Gasteiger partial charge in [0.1, 0.15) is 5.58 Å². The number of ether oxygens (including phenoxy) is 1. The number of furan rings is 1. The number of anilines is 1. The molecular formula is C21H25N3O4. The minimum Gasteiger partial charge on any atom is -0.464 e. The third kappa shape index (κ3) is 3.78. The number of hydrogen-bond acceptors (Lipinski definition) is 5. The molecule has 0 aliphatic rings. The van der Waals surface area contributed by atoms with E-state index in [9.17, 15) is 9.59 Å². The van der Waals surface area contributed by atoms with Crippen molar-refractivity contribution in [3.8, 4) is 0 Å². The summed E-state index contributed by atoms with van der Waals surface area (Å²) >= 11 is 0. The summed E-state index contributed by atoms with van der Waals surface area (Å²) in [6.07, 6.45) is 0.685. The van der Waals surface area contributed by atoms with E-state index in [1.807, 2.05) is 39.8 Å². The molecule has 148 valence electrons. The highest BCUT2D eigenvalue weighted by molar-refractivity contribution is 5.96. The monoisotopic (exact) mass is 383 g/mol. The number of carbonyl (C=O) groups is 2. The Morgan fingerprint density at radius 2 is 1.89 bits per heavy atom. The fourth-order valence-electron chi connectivity index (χ4n) is 3.10. The van der Waals surface area contributed by atoms with E-state index in [1.165, 1.54) is 0 Å². The second kappa shape index (κ2) is 7.50. The molecule has 28 heavy (non-hydrogen) atoms. The zero-order chi connectivity index (χ0) is 20.6. The lowest BCUT2D eigenvalue weighted by Crippen LogP contribution is -2.30. The summed E-state index contributed by atoms with van der Waals surface area (Å²) in [7, 11) is 1.81. The zero-order valence-electron chi connectivity index (χ0n) is 17.0. The predicted molar refractivity (Wildman–Crippen MR) is 106 cm³/mol. The van der Waals surface area contributed by atoms with Crippen molar-refractivity contribution in [2.75, 3.05) is 5.32 Å². The molecule has 0 aliphatic heterocycles. The van der Waals surface area contributed by atoms with Gasteiger partial charge >= 0.3 is 5.97 Å². The Morgan fingerprint density at radius 1 is 1.21 bits per heavy atom. The molecule has 0 saturated carbocycles. The maximum Gasteiger partial charge on any atom is 0.311 e. The molecule has 1 aromatic carbocycles. The van der Waals surface area contributed by atoms with Gasteiger partial charge in [-0.2, -0.15) is 5.10 Å². The third-order valence-electron chi connectivity index (χ3n) is 5.04. The van der Waals surface area contributed by atoms with Crippen LogP contribution in [0.4, 0.5) is 5.69 Å². The van der Waals surface area contributed by atoms with Gasteiger partial charge in [0.05, 0.1) is 29.8 Å². The van der Waals surface area contributed by atoms with E-state index in [-0.39, 0.29) is 6.42 Å². The lowest BCUT2D eigenvalue weighted by molar-refractivity contribution is -0.152. The van der Waals surface area contributed by atoms with Crippen molar-refractivity contribution in [2.45, 2.75) is 47.1 Å². The molecule has 0 fully saturated rings. The molecule has 0 bridgehead atoms. The normalized spacial score (nSPS) is 12.2. The number of aryl methyl sites for hydroxylation is 4. The van der Waals surface area contributed by atoms with Crippen molar-refractivity contribution >= 4 is 28.5 Å². The van der Waals surface area contributed by atoms with Gasteiger partial charge in [-0.1, -0.05) is 0 Å². The van der Waals surface area contributed by atoms with Crippen molar-refractivity contribution < 1.29 is 18.7 Å². The van der Waals surface area contributed by atoms with E-state index in [0.29, 0.717) is 11.4 Å². The first-order chi connectivity index (χ1) is 13.2. The Labute approximate surface area is 163 Å². The fourth-order valence-corrected chi connectivity index (χ4v) is 3.10. The minimum absolute atomic E-state index is 0.0398. The Bertz CT molecular complexity index is 1060. The smallest absolute Gasteiger partial charge is 0.311 e. The number of nitrogens with zero attached hydrogens (tertiary/aromatic N) is 2. The van der Waals surface area contributed by atoms with Crippen LogP contribution in [0.15, 0.2) is 22.8 Å². The molecule has 1 N–H and O–H groups in total. The molecule has 0 radical (unpaired) electrons. The van der Waals surface area contributed by atoms with E-state index in [4.69, 9.17) is 9.15 Å². The highest BCUT2D eigenvalue weighted by Crippen LogP contribution is 2.25. The summed E-state index contributed by atoms with van der Waals surface area (Å²) in [4.78, 5) is 24.8. The minimum atomic E-state index is -0.923. The van der Waals surface area contributed by atoms with Crippen LogP contribution in [0.1, 0.15) is 35.0 Å². The highest BCUT2D eigenvalue weighted by atomic mass is 16.5. The van der Waals surface area contributed by atoms with Gasteiger partial charge in [0.25, 0.3) is 5.91 Å². The van der Waals surface area contributed by atoms with Crippen molar-refractivity contribution in [1.82, 2.24) is 9.78 Å². The number of hydrogen-bond donors (Lipinski definition) is 1. The van der Waals surface area contributed by atoms with Crippen molar-refractivity contribution in [3.63, 3.8) is 0 Å². The molecule has 2 aromatic heterocycles. The van der Waals surface area contributed by atoms with Crippen LogP contribution in [0.2, 0.25) is 0 Å². The van der Waals surface area contributed by atoms with E-state index in [1.54, 1.807) is 24.9 Å². The van der Waals surface area contributed by atoms with Crippen molar-refractivity contribution in [2.24, 2.45) is 7.05 Å². The Morgan fingerprint density at radius 3 is 2.54 bits per heavy atom. The Hall–Kier alpha value is -3.09. The van der Waals surface area contributed by atoms with Crippen molar-refractivity contribution in [1.29, 1.82) is 0 Å². The fraction of sp³-hybridized carbons (Fsp3) is 0.381. The topological polar surface area (TPSA) is 86.4 Å². The number of carbonyl (C=O) groups excluding carboxylic acids is 2. The average molecular weight is 383 g/mol. The van der Waals surface area contributed by atoms with E-state index in [2.05, 4.69) is 10.4 Å². The van der Waals surface area contributed by atoms with Gasteiger partial charge in [-0.15, -0.1) is 0 Å². The van der Waals surface area contributed by atoms with Crippen molar-refractivity contribution in [3.05, 3.63) is 46.5 Å². The summed E-state index contributed by atoms with van der Waals surface area (Å²) in [5.74, 6) is -0.876. The van der Waals surface area contributed by atoms with Gasteiger partial charge in [-0.25, -0.2) is 0 Å². The molecule has 7 nitrogen and oxygen atoms in total. The predicted octanol–water partition coefficient (Wildman–Crippen LogP) is 3.51. The van der Waals surface area contributed by atoms with Gasteiger partial charge in [0.2, 0.25) is 0 Å². The molecule has 0 saturated heterocycles. The number of nitrogens with one attached hydrogen (secondary N) is 1. The summed E-state index contributed by atoms with van der Waals surface area (Å²) in [5, 5.41) is 7.94. The van der Waals surface area contributed by atoms with E-state index >= 15 is 0 Å². The number of esters is 1. The first kappa shape index (κ1) is 19.7. The van der Waals surface area contributed by atoms with Crippen LogP contribution < -0.4 is 5.32 Å². The molecule has 0 aliphatic carbocycles. The second-order valence-electron chi connectivity index (χ2n) is 7.16. The molecule has 0 unspecified atom stereocenters. The lowest BCUT2D eigenvalue weighted by Gasteiger charge is -2.13. The number of rotatable bonds is 5. The van der Waals surface area contributed by atoms with Gasteiger partial charge in [0, 0.05) is 18.0 Å². The maximum absolute atomic E-state index is 12.4. The molecular weight excluding hydrogens is 358 g/mol. The summed E-state index contributed by atoms with van der Waals surface area (Å²) in [6, 6.07) is 3.95. The second-order valence-corrected chi connectivity index (χ2v) is 7.16. The van der Waals surface area contributed by atoms with Crippen LogP contribution in [-0.4, -0.2) is 27.8 Å². The highest BCUT2D eigenvalue weighted by Gasteiger charge is 2.22. The Kier molecular flexibility index (Phi) is 5.27. The maximum atomic E-state index is 12.4. The molecule has 1 atom stereocenters. The van der Waals surface area contributed by atoms with E-state index < -0.39 is 18.0 Å². The quantitative estimate of drug-likeness (QED) is 0.681. The van der Waals surface area contributed by atoms with Crippen LogP contribution in [0.3, 0.4) is 0 Å². The first-order valence-electron chi connectivity index (χ1n) is 9.15. The summed E-state index contributed by atoms with van der Waals surface area (Å²) in [5.41, 5.74) is 5.92. The molecule has 2 heterocycles. The SMILES string of the molecule is Cc1cc2occ(CC(=O)O[C@H](C)C(=O)Nc3c(C)nn(C)c3C)c2cc1C. The van der Waals surface area contributed by atoms with Gasteiger partial charge < -0.3 is 14.5 Å². The standard InChI is InChI=1S/C21H25N3O4/c1-11-7-17-16(10-27-18(17)8-12(11)2)9-19(25)28-15(5)21(26)22-20-13(3)23-24(6)14(20)4/h7-8,10,15H,9H2,1-6H3,(H,22,26)/t15-/m1/s1. The molecule has 3 aromatic rings. The molecule has 0 spiro atoms. The van der Waals surface area contributed by atoms with Crippen LogP contribution in [0.25, 0.3) is 11.0 Å².